The summed E-state index contributed by atoms with van der Waals surface area (Å²) >= 11 is 0. The van der Waals surface area contributed by atoms with E-state index < -0.39 is 5.60 Å². The van der Waals surface area contributed by atoms with Gasteiger partial charge in [-0.05, 0) is 50.0 Å². The van der Waals surface area contributed by atoms with Crippen molar-refractivity contribution < 1.29 is 9.84 Å². The lowest BCUT2D eigenvalue weighted by molar-refractivity contribution is -0.178. The minimum atomic E-state index is -0.687. The summed E-state index contributed by atoms with van der Waals surface area (Å²) in [7, 11) is 0. The molecule has 0 aromatic heterocycles. The third kappa shape index (κ3) is 2.21. The van der Waals surface area contributed by atoms with Gasteiger partial charge in [0.25, 0.3) is 0 Å². The van der Waals surface area contributed by atoms with Gasteiger partial charge in [-0.3, -0.25) is 0 Å². The van der Waals surface area contributed by atoms with Gasteiger partial charge >= 0.3 is 0 Å². The van der Waals surface area contributed by atoms with Gasteiger partial charge < -0.3 is 9.84 Å². The summed E-state index contributed by atoms with van der Waals surface area (Å²) in [5, 5.41) is 11.2. The zero-order chi connectivity index (χ0) is 13.3. The van der Waals surface area contributed by atoms with Crippen LogP contribution in [0.1, 0.15) is 51.0 Å². The molecule has 1 N–H and O–H groups in total. The van der Waals surface area contributed by atoms with E-state index in [1.807, 2.05) is 18.2 Å². The molecule has 3 rings (SSSR count). The predicted molar refractivity (Wildman–Crippen MR) is 75.9 cm³/mol. The van der Waals surface area contributed by atoms with Gasteiger partial charge in [0.1, 0.15) is 0 Å². The second kappa shape index (κ2) is 4.92. The van der Waals surface area contributed by atoms with Crippen molar-refractivity contribution in [3.8, 4) is 0 Å². The van der Waals surface area contributed by atoms with Crippen LogP contribution < -0.4 is 0 Å². The van der Waals surface area contributed by atoms with E-state index in [1.54, 1.807) is 0 Å². The Balaban J connectivity index is 1.85. The Labute approximate surface area is 115 Å². The molecule has 0 amide bonds. The lowest BCUT2D eigenvalue weighted by atomic mass is 9.66. The predicted octanol–water partition coefficient (Wildman–Crippen LogP) is 3.63. The lowest BCUT2D eigenvalue weighted by Gasteiger charge is -2.51. The van der Waals surface area contributed by atoms with E-state index in [0.29, 0.717) is 5.92 Å². The molecule has 0 bridgehead atoms. The maximum absolute atomic E-state index is 11.2. The highest BCUT2D eigenvalue weighted by Crippen LogP contribution is 2.49. The monoisotopic (exact) mass is 260 g/mol. The largest absolute Gasteiger partial charge is 0.385 e. The number of benzene rings is 1. The molecule has 19 heavy (non-hydrogen) atoms. The molecule has 1 aliphatic heterocycles. The van der Waals surface area contributed by atoms with Gasteiger partial charge in [-0.15, -0.1) is 0 Å². The Bertz CT molecular complexity index is 424. The van der Waals surface area contributed by atoms with Crippen LogP contribution in [0.4, 0.5) is 0 Å². The van der Waals surface area contributed by atoms with Gasteiger partial charge in [0.15, 0.2) is 0 Å². The van der Waals surface area contributed by atoms with E-state index >= 15 is 0 Å². The third-order valence-electron chi connectivity index (χ3n) is 5.25. The molecule has 1 aromatic rings. The van der Waals surface area contributed by atoms with Crippen LogP contribution in [0.5, 0.6) is 0 Å². The number of aliphatic hydroxyl groups is 1. The van der Waals surface area contributed by atoms with Gasteiger partial charge in [0.2, 0.25) is 0 Å². The average Bonchev–Trinajstić information content (AvgIpc) is 2.46. The first-order valence-electron chi connectivity index (χ1n) is 7.60. The molecular formula is C17H24O2. The first-order chi connectivity index (χ1) is 9.19. The van der Waals surface area contributed by atoms with Crippen molar-refractivity contribution in [3.05, 3.63) is 35.9 Å². The summed E-state index contributed by atoms with van der Waals surface area (Å²) in [6.07, 6.45) is 6.41. The zero-order valence-electron chi connectivity index (χ0n) is 11.8. The maximum atomic E-state index is 11.2. The molecule has 1 aromatic carbocycles. The highest BCUT2D eigenvalue weighted by Gasteiger charge is 2.48. The van der Waals surface area contributed by atoms with Gasteiger partial charge in [-0.1, -0.05) is 37.3 Å². The minimum Gasteiger partial charge on any atom is -0.385 e. The average molecular weight is 260 g/mol. The van der Waals surface area contributed by atoms with E-state index in [-0.39, 0.29) is 5.60 Å². The van der Waals surface area contributed by atoms with Crippen LogP contribution in [0.15, 0.2) is 30.3 Å². The second-order valence-corrected chi connectivity index (χ2v) is 6.22. The van der Waals surface area contributed by atoms with E-state index in [9.17, 15) is 5.11 Å². The van der Waals surface area contributed by atoms with Gasteiger partial charge in [0.05, 0.1) is 11.2 Å². The molecule has 1 spiro atoms. The molecular weight excluding hydrogens is 236 g/mol. The maximum Gasteiger partial charge on any atom is 0.0923 e. The fraction of sp³-hybridized carbons (Fsp3) is 0.647. The standard InChI is InChI=1S/C17H24O2/c1-2-17(18,14-7-4-3-5-8-14)15-9-12-19-16(13-15)10-6-11-16/h3-5,7-8,15,18H,2,6,9-13H2,1H3. The molecule has 2 heteroatoms. The zero-order valence-corrected chi connectivity index (χ0v) is 11.8. The molecule has 2 fully saturated rings. The number of ether oxygens (including phenoxy) is 1. The topological polar surface area (TPSA) is 29.5 Å². The molecule has 0 radical (unpaired) electrons. The Hall–Kier alpha value is -0.860. The summed E-state index contributed by atoms with van der Waals surface area (Å²) in [5.74, 6) is 0.328. The van der Waals surface area contributed by atoms with Crippen LogP contribution in [0.2, 0.25) is 0 Å². The summed E-state index contributed by atoms with van der Waals surface area (Å²) in [6, 6.07) is 10.2. The first kappa shape index (κ1) is 13.1. The van der Waals surface area contributed by atoms with Crippen molar-refractivity contribution in [3.63, 3.8) is 0 Å². The highest BCUT2D eigenvalue weighted by atomic mass is 16.5. The van der Waals surface area contributed by atoms with Crippen molar-refractivity contribution in [2.24, 2.45) is 5.92 Å². The van der Waals surface area contributed by atoms with Crippen LogP contribution in [0, 0.1) is 5.92 Å². The fourth-order valence-corrected chi connectivity index (χ4v) is 3.81. The normalized spacial score (nSPS) is 28.6. The Morgan fingerprint density at radius 2 is 2.05 bits per heavy atom. The van der Waals surface area contributed by atoms with Crippen LogP contribution in [-0.4, -0.2) is 17.3 Å². The van der Waals surface area contributed by atoms with Crippen LogP contribution in [-0.2, 0) is 10.3 Å². The van der Waals surface area contributed by atoms with E-state index in [2.05, 4.69) is 19.1 Å². The molecule has 1 heterocycles. The summed E-state index contributed by atoms with van der Waals surface area (Å²) in [4.78, 5) is 0. The Kier molecular flexibility index (Phi) is 3.40. The number of hydrogen-bond donors (Lipinski definition) is 1. The summed E-state index contributed by atoms with van der Waals surface area (Å²) in [5.41, 5.74) is 0.480. The van der Waals surface area contributed by atoms with Crippen molar-refractivity contribution in [1.82, 2.24) is 0 Å². The quantitative estimate of drug-likeness (QED) is 0.899. The van der Waals surface area contributed by atoms with Crippen molar-refractivity contribution >= 4 is 0 Å². The molecule has 1 aliphatic carbocycles. The smallest absolute Gasteiger partial charge is 0.0923 e. The summed E-state index contributed by atoms with van der Waals surface area (Å²) < 4.78 is 6.00. The lowest BCUT2D eigenvalue weighted by Crippen LogP contribution is -2.50. The van der Waals surface area contributed by atoms with E-state index in [1.165, 1.54) is 19.3 Å². The molecule has 2 atom stereocenters. The fourth-order valence-electron chi connectivity index (χ4n) is 3.81. The highest BCUT2D eigenvalue weighted by molar-refractivity contribution is 5.24. The first-order valence-corrected chi connectivity index (χ1v) is 7.60. The van der Waals surface area contributed by atoms with Crippen LogP contribution in [0.25, 0.3) is 0 Å². The van der Waals surface area contributed by atoms with Gasteiger partial charge in [-0.25, -0.2) is 0 Å². The Morgan fingerprint density at radius 1 is 1.32 bits per heavy atom. The molecule has 2 unspecified atom stereocenters. The third-order valence-corrected chi connectivity index (χ3v) is 5.25. The molecule has 1 saturated heterocycles. The van der Waals surface area contributed by atoms with E-state index in [0.717, 1.165) is 31.4 Å². The number of hydrogen-bond acceptors (Lipinski definition) is 2. The van der Waals surface area contributed by atoms with Gasteiger partial charge in [-0.2, -0.15) is 0 Å². The number of rotatable bonds is 3. The van der Waals surface area contributed by atoms with Gasteiger partial charge in [0, 0.05) is 6.61 Å². The molecule has 104 valence electrons. The second-order valence-electron chi connectivity index (χ2n) is 6.22. The molecule has 1 saturated carbocycles. The van der Waals surface area contributed by atoms with E-state index in [4.69, 9.17) is 4.74 Å². The van der Waals surface area contributed by atoms with Crippen LogP contribution >= 0.6 is 0 Å². The minimum absolute atomic E-state index is 0.0981. The molecule has 2 aliphatic rings. The molecule has 2 nitrogen and oxygen atoms in total. The SMILES string of the molecule is CCC(O)(c1ccccc1)C1CCOC2(CCC2)C1. The van der Waals surface area contributed by atoms with Crippen molar-refractivity contribution in [1.29, 1.82) is 0 Å². The van der Waals surface area contributed by atoms with Crippen molar-refractivity contribution in [2.75, 3.05) is 6.61 Å². The van der Waals surface area contributed by atoms with Crippen LogP contribution in [0.3, 0.4) is 0 Å². The van der Waals surface area contributed by atoms with Crippen molar-refractivity contribution in [2.45, 2.75) is 56.7 Å². The summed E-state index contributed by atoms with van der Waals surface area (Å²) in [6.45, 7) is 2.90. The Morgan fingerprint density at radius 3 is 2.63 bits per heavy atom.